The summed E-state index contributed by atoms with van der Waals surface area (Å²) in [6.07, 6.45) is 2.09. The number of piperidine rings is 1. The maximum atomic E-state index is 12.7. The van der Waals surface area contributed by atoms with Crippen LogP contribution in [0.15, 0.2) is 24.3 Å². The zero-order valence-corrected chi connectivity index (χ0v) is 15.9. The summed E-state index contributed by atoms with van der Waals surface area (Å²) in [4.78, 5) is 35.3. The van der Waals surface area contributed by atoms with Gasteiger partial charge in [0.25, 0.3) is 5.91 Å². The fraction of sp³-hybridized carbons (Fsp3) is 0.526. The molecule has 0 bridgehead atoms. The summed E-state index contributed by atoms with van der Waals surface area (Å²) in [6, 6.07) is 8.05. The van der Waals surface area contributed by atoms with Crippen molar-refractivity contribution in [2.45, 2.75) is 18.9 Å². The second kappa shape index (κ2) is 10.6. The SMILES string of the molecule is COc1ccccc1C(=O)N1CCC(N2CCOCC2)CC1.O=C(O)C(=O)O. The highest BCUT2D eigenvalue weighted by Gasteiger charge is 2.29. The average Bonchev–Trinajstić information content (AvgIpc) is 2.74. The Hall–Kier alpha value is -2.65. The Morgan fingerprint density at radius 3 is 2.11 bits per heavy atom. The number of carboxylic acids is 2. The smallest absolute Gasteiger partial charge is 0.414 e. The molecule has 2 saturated heterocycles. The number of carbonyl (C=O) groups is 3. The number of amides is 1. The molecule has 2 aliphatic rings. The highest BCUT2D eigenvalue weighted by molar-refractivity contribution is 6.27. The molecular weight excluding hydrogens is 368 g/mol. The Bertz CT molecular complexity index is 669. The van der Waals surface area contributed by atoms with Crippen molar-refractivity contribution in [1.29, 1.82) is 0 Å². The van der Waals surface area contributed by atoms with Gasteiger partial charge in [-0.15, -0.1) is 0 Å². The van der Waals surface area contributed by atoms with Crippen molar-refractivity contribution >= 4 is 17.8 Å². The highest BCUT2D eigenvalue weighted by atomic mass is 16.5. The van der Waals surface area contributed by atoms with Crippen molar-refractivity contribution in [3.05, 3.63) is 29.8 Å². The zero-order valence-electron chi connectivity index (χ0n) is 15.9. The molecule has 2 fully saturated rings. The first-order valence-electron chi connectivity index (χ1n) is 9.14. The van der Waals surface area contributed by atoms with Crippen molar-refractivity contribution in [1.82, 2.24) is 9.80 Å². The largest absolute Gasteiger partial charge is 0.496 e. The Morgan fingerprint density at radius 1 is 1.00 bits per heavy atom. The first kappa shape index (κ1) is 21.6. The normalized spacial score (nSPS) is 18.0. The third-order valence-electron chi connectivity index (χ3n) is 4.83. The molecule has 0 aliphatic carbocycles. The predicted molar refractivity (Wildman–Crippen MR) is 99.6 cm³/mol. The molecule has 0 atom stereocenters. The van der Waals surface area contributed by atoms with Crippen LogP contribution in [0.1, 0.15) is 23.2 Å². The van der Waals surface area contributed by atoms with Crippen LogP contribution >= 0.6 is 0 Å². The molecule has 2 aliphatic heterocycles. The quantitative estimate of drug-likeness (QED) is 0.723. The number of nitrogens with zero attached hydrogens (tertiary/aromatic N) is 2. The summed E-state index contributed by atoms with van der Waals surface area (Å²) < 4.78 is 10.7. The number of carbonyl (C=O) groups excluding carboxylic acids is 1. The van der Waals surface area contributed by atoms with Gasteiger partial charge in [0.05, 0.1) is 25.9 Å². The third kappa shape index (κ3) is 5.93. The maximum Gasteiger partial charge on any atom is 0.414 e. The van der Waals surface area contributed by atoms with Crippen LogP contribution in [0.25, 0.3) is 0 Å². The van der Waals surface area contributed by atoms with Gasteiger partial charge in [0, 0.05) is 32.2 Å². The van der Waals surface area contributed by atoms with Crippen LogP contribution in [0.3, 0.4) is 0 Å². The highest BCUT2D eigenvalue weighted by Crippen LogP contribution is 2.23. The predicted octanol–water partition coefficient (Wildman–Crippen LogP) is 0.788. The number of hydrogen-bond donors (Lipinski definition) is 2. The minimum Gasteiger partial charge on any atom is -0.496 e. The van der Waals surface area contributed by atoms with E-state index in [1.165, 1.54) is 0 Å². The lowest BCUT2D eigenvalue weighted by molar-refractivity contribution is -0.159. The first-order valence-corrected chi connectivity index (χ1v) is 9.14. The van der Waals surface area contributed by atoms with E-state index in [9.17, 15) is 4.79 Å². The van der Waals surface area contributed by atoms with Crippen LogP contribution in [0.4, 0.5) is 0 Å². The monoisotopic (exact) mass is 394 g/mol. The van der Waals surface area contributed by atoms with Crippen LogP contribution in [0, 0.1) is 0 Å². The summed E-state index contributed by atoms with van der Waals surface area (Å²) in [7, 11) is 1.61. The van der Waals surface area contributed by atoms with Gasteiger partial charge in [0.15, 0.2) is 0 Å². The number of benzene rings is 1. The van der Waals surface area contributed by atoms with Crippen LogP contribution in [0.2, 0.25) is 0 Å². The second-order valence-corrected chi connectivity index (χ2v) is 6.48. The maximum absolute atomic E-state index is 12.7. The molecule has 0 radical (unpaired) electrons. The van der Waals surface area contributed by atoms with Gasteiger partial charge in [-0.05, 0) is 25.0 Å². The molecule has 0 unspecified atom stereocenters. The van der Waals surface area contributed by atoms with E-state index in [0.29, 0.717) is 17.4 Å². The van der Waals surface area contributed by atoms with Gasteiger partial charge in [-0.1, -0.05) is 12.1 Å². The Labute approximate surface area is 163 Å². The van der Waals surface area contributed by atoms with Gasteiger partial charge < -0.3 is 24.6 Å². The molecule has 9 nitrogen and oxygen atoms in total. The lowest BCUT2D eigenvalue weighted by Gasteiger charge is -2.40. The number of hydrogen-bond acceptors (Lipinski definition) is 6. The fourth-order valence-corrected chi connectivity index (χ4v) is 3.37. The summed E-state index contributed by atoms with van der Waals surface area (Å²) in [6.45, 7) is 5.34. The number of carboxylic acid groups (broad SMARTS) is 2. The number of ether oxygens (including phenoxy) is 2. The Kier molecular flexibility index (Phi) is 8.21. The minimum atomic E-state index is -1.82. The molecule has 2 heterocycles. The first-order chi connectivity index (χ1) is 13.4. The molecule has 28 heavy (non-hydrogen) atoms. The summed E-state index contributed by atoms with van der Waals surface area (Å²) in [5.74, 6) is -2.91. The molecular formula is C19H26N2O7. The molecule has 2 N–H and O–H groups in total. The van der Waals surface area contributed by atoms with Crippen molar-refractivity contribution in [3.63, 3.8) is 0 Å². The Morgan fingerprint density at radius 2 is 1.57 bits per heavy atom. The summed E-state index contributed by atoms with van der Waals surface area (Å²) in [5.41, 5.74) is 0.662. The molecule has 0 spiro atoms. The van der Waals surface area contributed by atoms with Crippen molar-refractivity contribution in [3.8, 4) is 5.75 Å². The van der Waals surface area contributed by atoms with Gasteiger partial charge in [0.1, 0.15) is 5.75 Å². The third-order valence-corrected chi connectivity index (χ3v) is 4.83. The molecule has 1 aromatic rings. The number of methoxy groups -OCH3 is 1. The number of para-hydroxylation sites is 1. The van der Waals surface area contributed by atoms with Crippen LogP contribution < -0.4 is 4.74 Å². The number of aliphatic carboxylic acids is 2. The van der Waals surface area contributed by atoms with E-state index in [0.717, 1.165) is 52.2 Å². The van der Waals surface area contributed by atoms with E-state index in [4.69, 9.17) is 29.3 Å². The second-order valence-electron chi connectivity index (χ2n) is 6.48. The molecule has 1 aromatic carbocycles. The molecule has 3 rings (SSSR count). The van der Waals surface area contributed by atoms with E-state index in [1.54, 1.807) is 7.11 Å². The van der Waals surface area contributed by atoms with Crippen LogP contribution in [-0.4, -0.2) is 90.4 Å². The average molecular weight is 394 g/mol. The molecule has 0 aromatic heterocycles. The lowest BCUT2D eigenvalue weighted by Crippen LogP contribution is -2.50. The minimum absolute atomic E-state index is 0.0814. The fourth-order valence-electron chi connectivity index (χ4n) is 3.37. The summed E-state index contributed by atoms with van der Waals surface area (Å²) >= 11 is 0. The van der Waals surface area contributed by atoms with Crippen LogP contribution in [0.5, 0.6) is 5.75 Å². The van der Waals surface area contributed by atoms with E-state index in [-0.39, 0.29) is 5.91 Å². The Balaban J connectivity index is 0.000000409. The number of morpholine rings is 1. The molecule has 1 amide bonds. The van der Waals surface area contributed by atoms with Gasteiger partial charge in [-0.2, -0.15) is 0 Å². The standard InChI is InChI=1S/C17H24N2O3.C2H2O4/c1-21-16-5-3-2-4-15(16)17(20)19-8-6-14(7-9-19)18-10-12-22-13-11-18;3-1(4)2(5)6/h2-5,14H,6-13H2,1H3;(H,3,4)(H,5,6). The van der Waals surface area contributed by atoms with Gasteiger partial charge in [-0.25, -0.2) is 9.59 Å². The molecule has 0 saturated carbocycles. The van der Waals surface area contributed by atoms with Crippen molar-refractivity contribution in [2.24, 2.45) is 0 Å². The van der Waals surface area contributed by atoms with E-state index < -0.39 is 11.9 Å². The number of likely N-dealkylation sites (tertiary alicyclic amines) is 1. The van der Waals surface area contributed by atoms with E-state index in [2.05, 4.69) is 4.90 Å². The lowest BCUT2D eigenvalue weighted by atomic mass is 10.0. The van der Waals surface area contributed by atoms with Crippen molar-refractivity contribution in [2.75, 3.05) is 46.5 Å². The topological polar surface area (TPSA) is 117 Å². The molecule has 9 heteroatoms. The van der Waals surface area contributed by atoms with Crippen molar-refractivity contribution < 1.29 is 34.1 Å². The van der Waals surface area contributed by atoms with Gasteiger partial charge in [0.2, 0.25) is 0 Å². The van der Waals surface area contributed by atoms with E-state index >= 15 is 0 Å². The van der Waals surface area contributed by atoms with Gasteiger partial charge >= 0.3 is 11.9 Å². The van der Waals surface area contributed by atoms with Crippen LogP contribution in [-0.2, 0) is 14.3 Å². The summed E-state index contributed by atoms with van der Waals surface area (Å²) in [5, 5.41) is 14.8. The number of rotatable bonds is 3. The zero-order chi connectivity index (χ0) is 20.5. The molecule has 154 valence electrons. The van der Waals surface area contributed by atoms with E-state index in [1.807, 2.05) is 29.2 Å². The van der Waals surface area contributed by atoms with Gasteiger partial charge in [-0.3, -0.25) is 9.69 Å².